The summed E-state index contributed by atoms with van der Waals surface area (Å²) in [5.74, 6) is 0.553. The minimum absolute atomic E-state index is 0.290. The van der Waals surface area contributed by atoms with Gasteiger partial charge in [0.1, 0.15) is 0 Å². The molecule has 1 aromatic rings. The first kappa shape index (κ1) is 17.3. The molecule has 0 spiro atoms. The van der Waals surface area contributed by atoms with Crippen LogP contribution in [0.15, 0.2) is 23.2 Å². The van der Waals surface area contributed by atoms with Gasteiger partial charge in [-0.3, -0.25) is 4.99 Å². The zero-order valence-corrected chi connectivity index (χ0v) is 14.9. The van der Waals surface area contributed by atoms with Crippen LogP contribution in [0, 0.1) is 5.41 Å². The van der Waals surface area contributed by atoms with E-state index in [4.69, 9.17) is 15.5 Å². The standard InChI is InChI=1S/C20H31N3O/c1-24-14-13-20(11-4-5-12-20)15-22-19(21)23-18-10-6-8-16-7-2-3-9-17(16)18/h6,8,10H,2-5,7,9,11-15H2,1H3,(H3,21,22,23). The Kier molecular flexibility index (Phi) is 5.77. The van der Waals surface area contributed by atoms with Crippen molar-refractivity contribution >= 4 is 11.6 Å². The molecule has 4 heteroatoms. The molecule has 0 saturated heterocycles. The number of guanidine groups is 1. The third-order valence-corrected chi connectivity index (χ3v) is 5.74. The van der Waals surface area contributed by atoms with E-state index in [1.807, 2.05) is 0 Å². The van der Waals surface area contributed by atoms with Gasteiger partial charge in [-0.05, 0) is 67.6 Å². The lowest BCUT2D eigenvalue weighted by molar-refractivity contribution is 0.141. The molecule has 0 heterocycles. The number of fused-ring (bicyclic) bond motifs is 1. The number of anilines is 1. The number of nitrogens with two attached hydrogens (primary N) is 1. The second kappa shape index (κ2) is 8.02. The summed E-state index contributed by atoms with van der Waals surface area (Å²) in [7, 11) is 1.78. The maximum atomic E-state index is 6.21. The Morgan fingerprint density at radius 1 is 1.21 bits per heavy atom. The first-order valence-electron chi connectivity index (χ1n) is 9.39. The molecule has 0 amide bonds. The number of methoxy groups -OCH3 is 1. The maximum Gasteiger partial charge on any atom is 0.193 e. The lowest BCUT2D eigenvalue weighted by Gasteiger charge is -2.27. The summed E-state index contributed by atoms with van der Waals surface area (Å²) in [5, 5.41) is 3.36. The lowest BCUT2D eigenvalue weighted by atomic mass is 9.83. The number of benzene rings is 1. The molecule has 0 aromatic heterocycles. The molecule has 0 bridgehead atoms. The largest absolute Gasteiger partial charge is 0.385 e. The van der Waals surface area contributed by atoms with Crippen molar-refractivity contribution in [3.8, 4) is 0 Å². The second-order valence-electron chi connectivity index (χ2n) is 7.43. The molecule has 0 atom stereocenters. The predicted octanol–water partition coefficient (Wildman–Crippen LogP) is 3.89. The van der Waals surface area contributed by atoms with E-state index in [-0.39, 0.29) is 0 Å². The third-order valence-electron chi connectivity index (χ3n) is 5.74. The van der Waals surface area contributed by atoms with Gasteiger partial charge in [0.2, 0.25) is 0 Å². The van der Waals surface area contributed by atoms with Crippen molar-refractivity contribution in [3.05, 3.63) is 29.3 Å². The molecule has 132 valence electrons. The number of aliphatic imine (C=N–C) groups is 1. The predicted molar refractivity (Wildman–Crippen MR) is 101 cm³/mol. The summed E-state index contributed by atoms with van der Waals surface area (Å²) in [6, 6.07) is 6.49. The molecule has 4 nitrogen and oxygen atoms in total. The van der Waals surface area contributed by atoms with Crippen LogP contribution in [0.3, 0.4) is 0 Å². The molecule has 0 unspecified atom stereocenters. The first-order valence-corrected chi connectivity index (χ1v) is 9.39. The van der Waals surface area contributed by atoms with Gasteiger partial charge in [0.15, 0.2) is 5.96 Å². The minimum atomic E-state index is 0.290. The summed E-state index contributed by atoms with van der Waals surface area (Å²) in [6.07, 6.45) is 11.1. The van der Waals surface area contributed by atoms with Gasteiger partial charge in [-0.15, -0.1) is 0 Å². The number of ether oxygens (including phenoxy) is 1. The van der Waals surface area contributed by atoms with Crippen molar-refractivity contribution in [2.24, 2.45) is 16.1 Å². The van der Waals surface area contributed by atoms with Gasteiger partial charge in [0.25, 0.3) is 0 Å². The second-order valence-corrected chi connectivity index (χ2v) is 7.43. The minimum Gasteiger partial charge on any atom is -0.385 e. The van der Waals surface area contributed by atoms with Crippen LogP contribution >= 0.6 is 0 Å². The van der Waals surface area contributed by atoms with Gasteiger partial charge in [-0.1, -0.05) is 25.0 Å². The zero-order valence-electron chi connectivity index (χ0n) is 14.9. The van der Waals surface area contributed by atoms with Crippen molar-refractivity contribution in [2.75, 3.05) is 25.6 Å². The summed E-state index contributed by atoms with van der Waals surface area (Å²) >= 11 is 0. The van der Waals surface area contributed by atoms with Crippen LogP contribution in [0.5, 0.6) is 0 Å². The van der Waals surface area contributed by atoms with E-state index < -0.39 is 0 Å². The summed E-state index contributed by atoms with van der Waals surface area (Å²) in [5.41, 5.74) is 10.5. The fourth-order valence-electron chi connectivity index (χ4n) is 4.26. The Bertz CT molecular complexity index is 576. The quantitative estimate of drug-likeness (QED) is 0.615. The van der Waals surface area contributed by atoms with E-state index in [9.17, 15) is 0 Å². The Balaban J connectivity index is 1.66. The topological polar surface area (TPSA) is 59.6 Å². The van der Waals surface area contributed by atoms with E-state index >= 15 is 0 Å². The van der Waals surface area contributed by atoms with Crippen LogP contribution in [-0.4, -0.2) is 26.2 Å². The molecule has 3 rings (SSSR count). The molecule has 2 aliphatic rings. The number of aryl methyl sites for hydroxylation is 1. The van der Waals surface area contributed by atoms with E-state index in [2.05, 4.69) is 23.5 Å². The number of nitrogens with zero attached hydrogens (tertiary/aromatic N) is 1. The average Bonchev–Trinajstić information content (AvgIpc) is 3.08. The van der Waals surface area contributed by atoms with Crippen molar-refractivity contribution in [3.63, 3.8) is 0 Å². The van der Waals surface area contributed by atoms with Crippen LogP contribution in [0.1, 0.15) is 56.1 Å². The fourth-order valence-corrected chi connectivity index (χ4v) is 4.26. The van der Waals surface area contributed by atoms with Crippen LogP contribution in [-0.2, 0) is 17.6 Å². The molecule has 24 heavy (non-hydrogen) atoms. The SMILES string of the molecule is COCCC1(CN=C(N)Nc2cccc3c2CCCC3)CCCC1. The lowest BCUT2D eigenvalue weighted by Crippen LogP contribution is -2.28. The van der Waals surface area contributed by atoms with Crippen molar-refractivity contribution in [2.45, 2.75) is 57.8 Å². The maximum absolute atomic E-state index is 6.21. The van der Waals surface area contributed by atoms with Gasteiger partial charge >= 0.3 is 0 Å². The summed E-state index contributed by atoms with van der Waals surface area (Å²) in [4.78, 5) is 4.70. The van der Waals surface area contributed by atoms with Crippen LogP contribution in [0.25, 0.3) is 0 Å². The van der Waals surface area contributed by atoms with Gasteiger partial charge in [-0.25, -0.2) is 0 Å². The molecule has 0 aliphatic heterocycles. The molecular weight excluding hydrogens is 298 g/mol. The normalized spacial score (nSPS) is 20.0. The Hall–Kier alpha value is -1.55. The Morgan fingerprint density at radius 3 is 2.79 bits per heavy atom. The van der Waals surface area contributed by atoms with E-state index in [1.165, 1.54) is 56.1 Å². The molecule has 1 saturated carbocycles. The van der Waals surface area contributed by atoms with Gasteiger partial charge < -0.3 is 15.8 Å². The zero-order chi connectivity index (χ0) is 16.8. The summed E-state index contributed by atoms with van der Waals surface area (Å²) in [6.45, 7) is 1.62. The Morgan fingerprint density at radius 2 is 2.00 bits per heavy atom. The molecule has 1 fully saturated rings. The molecule has 1 aromatic carbocycles. The number of hydrogen-bond acceptors (Lipinski definition) is 2. The van der Waals surface area contributed by atoms with Crippen LogP contribution < -0.4 is 11.1 Å². The fraction of sp³-hybridized carbons (Fsp3) is 0.650. The number of rotatable bonds is 6. The van der Waals surface area contributed by atoms with Gasteiger partial charge in [0, 0.05) is 25.9 Å². The highest BCUT2D eigenvalue weighted by molar-refractivity contribution is 5.93. The van der Waals surface area contributed by atoms with Gasteiger partial charge in [0.05, 0.1) is 0 Å². The highest BCUT2D eigenvalue weighted by Gasteiger charge is 2.33. The van der Waals surface area contributed by atoms with Crippen LogP contribution in [0.2, 0.25) is 0 Å². The van der Waals surface area contributed by atoms with Crippen molar-refractivity contribution < 1.29 is 4.74 Å². The number of nitrogens with one attached hydrogen (secondary N) is 1. The van der Waals surface area contributed by atoms with Crippen molar-refractivity contribution in [1.82, 2.24) is 0 Å². The van der Waals surface area contributed by atoms with E-state index in [0.717, 1.165) is 31.7 Å². The Labute approximate surface area is 145 Å². The smallest absolute Gasteiger partial charge is 0.193 e. The first-order chi connectivity index (χ1) is 11.7. The van der Waals surface area contributed by atoms with Crippen LogP contribution in [0.4, 0.5) is 5.69 Å². The third kappa shape index (κ3) is 4.10. The van der Waals surface area contributed by atoms with Crippen molar-refractivity contribution in [1.29, 1.82) is 0 Å². The molecule has 0 radical (unpaired) electrons. The molecular formula is C20H31N3O. The number of hydrogen-bond donors (Lipinski definition) is 2. The van der Waals surface area contributed by atoms with E-state index in [0.29, 0.717) is 11.4 Å². The average molecular weight is 329 g/mol. The highest BCUT2D eigenvalue weighted by Crippen LogP contribution is 2.41. The highest BCUT2D eigenvalue weighted by atomic mass is 16.5. The van der Waals surface area contributed by atoms with Gasteiger partial charge in [-0.2, -0.15) is 0 Å². The monoisotopic (exact) mass is 329 g/mol. The molecule has 3 N–H and O–H groups in total. The summed E-state index contributed by atoms with van der Waals surface area (Å²) < 4.78 is 5.30. The van der Waals surface area contributed by atoms with E-state index in [1.54, 1.807) is 7.11 Å². The molecule has 2 aliphatic carbocycles.